The number of rotatable bonds is 10. The first-order chi connectivity index (χ1) is 37.0. The maximum absolute atomic E-state index is 3.06. The molecule has 0 aliphatic heterocycles. The van der Waals surface area contributed by atoms with E-state index < -0.39 is 0 Å². The van der Waals surface area contributed by atoms with Gasteiger partial charge in [0, 0.05) is 0 Å². The van der Waals surface area contributed by atoms with E-state index in [4.69, 9.17) is 0 Å². The van der Waals surface area contributed by atoms with Crippen molar-refractivity contribution < 1.29 is 23.3 Å². The van der Waals surface area contributed by atoms with Crippen molar-refractivity contribution >= 4 is 28.4 Å². The monoisotopic (exact) mass is 1140 g/mol. The third-order valence-corrected chi connectivity index (χ3v) is 16.0. The molecular weight excluding hydrogens is 1060 g/mol. The predicted molar refractivity (Wildman–Crippen MR) is 351 cm³/mol. The van der Waals surface area contributed by atoms with Gasteiger partial charge in [0.2, 0.25) is 0 Å². The number of hydrogen-bond donors (Lipinski definition) is 0. The summed E-state index contributed by atoms with van der Waals surface area (Å²) in [5, 5.41) is 5.39. The Hall–Kier alpha value is -5.92. The second-order valence-electron chi connectivity index (χ2n) is 26.0. The van der Waals surface area contributed by atoms with Crippen molar-refractivity contribution in [2.45, 2.75) is 143 Å². The Kier molecular flexibility index (Phi) is 20.8. The van der Waals surface area contributed by atoms with Crippen molar-refractivity contribution in [3.05, 3.63) is 266 Å². The van der Waals surface area contributed by atoms with Crippen LogP contribution in [0, 0.1) is 14.9 Å². The summed E-state index contributed by atoms with van der Waals surface area (Å²) in [4.78, 5) is 0. The second-order valence-corrected chi connectivity index (χ2v) is 26.0. The fraction of sp³-hybridized carbons (Fsp3) is 0.282. The molecule has 2 atom stereocenters. The zero-order chi connectivity index (χ0) is 56.2. The minimum atomic E-state index is 0. The van der Waals surface area contributed by atoms with Gasteiger partial charge in [-0.15, -0.1) is 44.8 Å². The zero-order valence-electron chi connectivity index (χ0n) is 51.2. The van der Waals surface area contributed by atoms with Crippen molar-refractivity contribution in [1.29, 1.82) is 0 Å². The molecule has 0 bridgehead atoms. The Morgan fingerprint density at radius 3 is 0.825 bits per heavy atom. The van der Waals surface area contributed by atoms with E-state index in [2.05, 4.69) is 310 Å². The summed E-state index contributed by atoms with van der Waals surface area (Å²) in [6, 6.07) is 77.6. The summed E-state index contributed by atoms with van der Waals surface area (Å²) in [5.74, 6) is 0.939. The fourth-order valence-electron chi connectivity index (χ4n) is 11.1. The van der Waals surface area contributed by atoms with Crippen LogP contribution >= 0.6 is 0 Å². The summed E-state index contributed by atoms with van der Waals surface area (Å²) in [5.41, 5.74) is 22.1. The van der Waals surface area contributed by atoms with Gasteiger partial charge >= 0.3 is 30.2 Å². The molecule has 0 aromatic heterocycles. The molecule has 0 amide bonds. The van der Waals surface area contributed by atoms with Gasteiger partial charge in [-0.05, 0) is 90.8 Å². The summed E-state index contributed by atoms with van der Waals surface area (Å²) in [6.45, 7) is 35.0. The van der Waals surface area contributed by atoms with Crippen LogP contribution in [0.1, 0.15) is 153 Å². The van der Waals surface area contributed by atoms with E-state index in [9.17, 15) is 0 Å². The standard InChI is InChI=1S/2C38H41.2CH3.Si.Zr/c2*1-26(28-11-9-8-10-12-28)23-27-24-35-33(29-13-17-31(18-14-29)37(2,3)4)21-22-34(36(35)25-27)30-15-19-32(20-16-30)38(5,6)7;;;;/h2*8-22,24-26H,23H2,1-7H3;2*1H3;;/q4*-1;;. The molecule has 0 saturated carbocycles. The molecule has 10 aromatic carbocycles. The maximum atomic E-state index is 3.06. The minimum absolute atomic E-state index is 0. The molecule has 80 heavy (non-hydrogen) atoms. The van der Waals surface area contributed by atoms with Crippen molar-refractivity contribution in [3.63, 3.8) is 0 Å². The number of benzene rings is 8. The van der Waals surface area contributed by atoms with Crippen LogP contribution in [0.25, 0.3) is 66.1 Å². The van der Waals surface area contributed by atoms with Gasteiger partial charge in [0.25, 0.3) is 0 Å². The molecule has 10 rings (SSSR count). The average molecular weight is 1140 g/mol. The van der Waals surface area contributed by atoms with E-state index >= 15 is 0 Å². The van der Waals surface area contributed by atoms with Crippen LogP contribution in [0.2, 0.25) is 0 Å². The first-order valence-electron chi connectivity index (χ1n) is 28.2. The van der Waals surface area contributed by atoms with Crippen LogP contribution in [0.15, 0.2) is 206 Å². The van der Waals surface area contributed by atoms with Crippen LogP contribution in [-0.2, 0) is 57.8 Å². The molecule has 0 spiro atoms. The van der Waals surface area contributed by atoms with Gasteiger partial charge in [0.1, 0.15) is 0 Å². The average Bonchev–Trinajstić information content (AvgIpc) is 4.06. The Labute approximate surface area is 501 Å². The molecule has 0 fully saturated rings. The summed E-state index contributed by atoms with van der Waals surface area (Å²) < 4.78 is 0. The van der Waals surface area contributed by atoms with Gasteiger partial charge in [-0.3, -0.25) is 0 Å². The zero-order valence-corrected chi connectivity index (χ0v) is 54.7. The first-order valence-corrected chi connectivity index (χ1v) is 32.4. The molecule has 2 radical (unpaired) electrons. The predicted octanol–water partition coefficient (Wildman–Crippen LogP) is 22.2. The van der Waals surface area contributed by atoms with Gasteiger partial charge in [0.05, 0.1) is 0 Å². The van der Waals surface area contributed by atoms with Crippen LogP contribution < -0.4 is 0 Å². The first kappa shape index (κ1) is 63.3. The SMILES string of the molecule is CC(Cc1cc2c(-c3ccc(C(C)(C)C)cc3)ccc(-c3ccc(C(C)(C)C)cc3)c2[cH-]1)c1ccccc1.CC(Cc1cc2c(-c3ccc(C(C)(C)C)cc3)ccc(-c3ccc(C(C)(C)C)cc3)c2[cH-]1)c1ccccc1.[CH3-].[CH3-].[Si]=[Zr]. The van der Waals surface area contributed by atoms with Crippen LogP contribution in [0.4, 0.5) is 0 Å². The Morgan fingerprint density at radius 2 is 0.575 bits per heavy atom. The third-order valence-electron chi connectivity index (χ3n) is 16.0. The van der Waals surface area contributed by atoms with Crippen molar-refractivity contribution in [3.8, 4) is 44.5 Å². The van der Waals surface area contributed by atoms with Crippen molar-refractivity contribution in [2.75, 3.05) is 0 Å². The molecule has 2 heteroatoms. The van der Waals surface area contributed by atoms with Gasteiger partial charge in [-0.1, -0.05) is 312 Å². The quantitative estimate of drug-likeness (QED) is 0.0946. The molecule has 0 aliphatic rings. The molecule has 10 aromatic rings. The van der Waals surface area contributed by atoms with Gasteiger partial charge in [-0.2, -0.15) is 12.1 Å². The van der Waals surface area contributed by atoms with E-state index in [1.807, 2.05) is 0 Å². The van der Waals surface area contributed by atoms with E-state index in [1.165, 1.54) is 134 Å². The van der Waals surface area contributed by atoms with Crippen LogP contribution in [0.3, 0.4) is 0 Å². The summed E-state index contributed by atoms with van der Waals surface area (Å²) in [7, 11) is 0. The molecule has 2 unspecified atom stereocenters. The molecule has 0 N–H and O–H groups in total. The van der Waals surface area contributed by atoms with Crippen LogP contribution in [-0.4, -0.2) is 6.88 Å². The van der Waals surface area contributed by atoms with Gasteiger partial charge < -0.3 is 14.9 Å². The third kappa shape index (κ3) is 14.9. The van der Waals surface area contributed by atoms with Crippen molar-refractivity contribution in [2.24, 2.45) is 0 Å². The molecule has 0 nitrogen and oxygen atoms in total. The van der Waals surface area contributed by atoms with Gasteiger partial charge in [0.15, 0.2) is 0 Å². The van der Waals surface area contributed by atoms with E-state index in [1.54, 1.807) is 0 Å². The molecular formula is C78H88SiZr-4. The van der Waals surface area contributed by atoms with Crippen molar-refractivity contribution in [1.82, 2.24) is 0 Å². The summed E-state index contributed by atoms with van der Waals surface area (Å²) >= 11 is 1.36. The van der Waals surface area contributed by atoms with E-state index in [-0.39, 0.29) is 36.5 Å². The van der Waals surface area contributed by atoms with Gasteiger partial charge in [-0.25, -0.2) is 0 Å². The molecule has 0 heterocycles. The normalized spacial score (nSPS) is 12.5. The fourth-order valence-corrected chi connectivity index (χ4v) is 11.1. The number of fused-ring (bicyclic) bond motifs is 2. The Morgan fingerprint density at radius 1 is 0.338 bits per heavy atom. The van der Waals surface area contributed by atoms with E-state index in [0.717, 1.165) is 12.8 Å². The summed E-state index contributed by atoms with van der Waals surface area (Å²) in [6.07, 6.45) is 2.06. The Balaban J connectivity index is 0.000000244. The topological polar surface area (TPSA) is 0 Å². The van der Waals surface area contributed by atoms with Crippen LogP contribution in [0.5, 0.6) is 0 Å². The van der Waals surface area contributed by atoms with E-state index in [0.29, 0.717) is 11.8 Å². The molecule has 0 saturated heterocycles. The second kappa shape index (κ2) is 26.3. The Bertz CT molecular complexity index is 3110. The molecule has 412 valence electrons. The molecule has 0 aliphatic carbocycles. The number of hydrogen-bond acceptors (Lipinski definition) is 0.